The van der Waals surface area contributed by atoms with Crippen molar-refractivity contribution in [1.82, 2.24) is 25.4 Å². The van der Waals surface area contributed by atoms with E-state index in [0.717, 1.165) is 29.0 Å². The fourth-order valence-electron chi connectivity index (χ4n) is 3.83. The van der Waals surface area contributed by atoms with Gasteiger partial charge in [0.25, 0.3) is 5.91 Å². The number of carbonyl (C=O) groups excluding carboxylic acids is 2. The Morgan fingerprint density at radius 1 is 1.16 bits per heavy atom. The molecule has 2 N–H and O–H groups in total. The zero-order chi connectivity index (χ0) is 22.7. The molecule has 0 spiro atoms. The molecule has 2 heterocycles. The number of anilines is 1. The second kappa shape index (κ2) is 9.21. The fourth-order valence-corrected chi connectivity index (χ4v) is 3.83. The molecule has 166 valence electrons. The molecule has 3 aromatic rings. The average Bonchev–Trinajstić information content (AvgIpc) is 3.19. The lowest BCUT2D eigenvalue weighted by Crippen LogP contribution is -2.47. The Bertz CT molecular complexity index is 1120. The van der Waals surface area contributed by atoms with Crippen LogP contribution in [0.25, 0.3) is 5.69 Å². The monoisotopic (exact) mass is 432 g/mol. The topological polar surface area (TPSA) is 92.2 Å². The minimum atomic E-state index is -0.314. The molecule has 1 fully saturated rings. The van der Waals surface area contributed by atoms with Gasteiger partial charge in [0.2, 0.25) is 11.7 Å². The summed E-state index contributed by atoms with van der Waals surface area (Å²) in [5.74, 6) is 0.862. The lowest BCUT2D eigenvalue weighted by molar-refractivity contribution is -0.120. The van der Waals surface area contributed by atoms with Crippen molar-refractivity contribution in [2.75, 3.05) is 24.5 Å². The van der Waals surface area contributed by atoms with E-state index in [0.29, 0.717) is 31.4 Å². The van der Waals surface area contributed by atoms with E-state index >= 15 is 0 Å². The number of nitrogens with zero attached hydrogens (tertiary/aromatic N) is 4. The standard InChI is InChI=1S/C24H28N6O2/c1-16(2)20-6-4-5-7-21(20)30-17(3)27-23(28-30)24(32)26-14-18-8-10-19(11-9-18)29-13-12-25-22(31)15-29/h4-11,16H,12-15H2,1-3H3,(H,25,31)(H,26,32). The van der Waals surface area contributed by atoms with Crippen LogP contribution in [-0.2, 0) is 11.3 Å². The highest BCUT2D eigenvalue weighted by Crippen LogP contribution is 2.23. The molecule has 4 rings (SSSR count). The second-order valence-electron chi connectivity index (χ2n) is 8.23. The smallest absolute Gasteiger partial charge is 0.291 e. The molecular weight excluding hydrogens is 404 g/mol. The lowest BCUT2D eigenvalue weighted by Gasteiger charge is -2.28. The van der Waals surface area contributed by atoms with Crippen LogP contribution >= 0.6 is 0 Å². The molecule has 8 nitrogen and oxygen atoms in total. The highest BCUT2D eigenvalue weighted by Gasteiger charge is 2.18. The maximum Gasteiger partial charge on any atom is 0.291 e. The zero-order valence-electron chi connectivity index (χ0n) is 18.6. The molecule has 2 amide bonds. The summed E-state index contributed by atoms with van der Waals surface area (Å²) in [6.07, 6.45) is 0. The first kappa shape index (κ1) is 21.5. The number of para-hydroxylation sites is 1. The van der Waals surface area contributed by atoms with E-state index < -0.39 is 0 Å². The van der Waals surface area contributed by atoms with Gasteiger partial charge in [0.15, 0.2) is 0 Å². The van der Waals surface area contributed by atoms with Gasteiger partial charge in [-0.05, 0) is 42.2 Å². The number of amides is 2. The number of hydrogen-bond donors (Lipinski definition) is 2. The van der Waals surface area contributed by atoms with Crippen LogP contribution in [0.1, 0.15) is 47.3 Å². The summed E-state index contributed by atoms with van der Waals surface area (Å²) in [5, 5.41) is 10.2. The third-order valence-electron chi connectivity index (χ3n) is 5.55. The Hall–Kier alpha value is -3.68. The molecule has 1 aliphatic rings. The van der Waals surface area contributed by atoms with Gasteiger partial charge < -0.3 is 15.5 Å². The molecule has 1 aromatic heterocycles. The van der Waals surface area contributed by atoms with Gasteiger partial charge in [-0.3, -0.25) is 9.59 Å². The van der Waals surface area contributed by atoms with E-state index in [9.17, 15) is 9.59 Å². The molecule has 8 heteroatoms. The zero-order valence-corrected chi connectivity index (χ0v) is 18.6. The molecule has 2 aromatic carbocycles. The largest absolute Gasteiger partial charge is 0.360 e. The van der Waals surface area contributed by atoms with Crippen LogP contribution < -0.4 is 15.5 Å². The molecule has 1 saturated heterocycles. The maximum absolute atomic E-state index is 12.7. The number of nitrogens with one attached hydrogen (secondary N) is 2. The van der Waals surface area contributed by atoms with Crippen LogP contribution in [0.15, 0.2) is 48.5 Å². The van der Waals surface area contributed by atoms with Crippen LogP contribution in [0.2, 0.25) is 0 Å². The SMILES string of the molecule is Cc1nc(C(=O)NCc2ccc(N3CCNC(=O)C3)cc2)nn1-c1ccccc1C(C)C. The maximum atomic E-state index is 12.7. The quantitative estimate of drug-likeness (QED) is 0.625. The first-order chi connectivity index (χ1) is 15.4. The van der Waals surface area contributed by atoms with Crippen molar-refractivity contribution in [3.05, 3.63) is 71.3 Å². The van der Waals surface area contributed by atoms with Crippen LogP contribution in [0, 0.1) is 6.92 Å². The van der Waals surface area contributed by atoms with Crippen molar-refractivity contribution in [1.29, 1.82) is 0 Å². The van der Waals surface area contributed by atoms with Gasteiger partial charge in [0.05, 0.1) is 12.2 Å². The summed E-state index contributed by atoms with van der Waals surface area (Å²) in [4.78, 5) is 30.7. The van der Waals surface area contributed by atoms with Crippen molar-refractivity contribution < 1.29 is 9.59 Å². The van der Waals surface area contributed by atoms with E-state index in [1.54, 1.807) is 4.68 Å². The highest BCUT2D eigenvalue weighted by molar-refractivity contribution is 5.90. The minimum absolute atomic E-state index is 0.0332. The van der Waals surface area contributed by atoms with Crippen LogP contribution in [0.3, 0.4) is 0 Å². The summed E-state index contributed by atoms with van der Waals surface area (Å²) >= 11 is 0. The number of carbonyl (C=O) groups is 2. The van der Waals surface area contributed by atoms with Crippen LogP contribution in [0.5, 0.6) is 0 Å². The number of benzene rings is 2. The Labute approximate surface area is 187 Å². The van der Waals surface area contributed by atoms with Gasteiger partial charge in [-0.15, -0.1) is 5.10 Å². The molecule has 1 aliphatic heterocycles. The van der Waals surface area contributed by atoms with Gasteiger partial charge in [-0.25, -0.2) is 9.67 Å². The summed E-state index contributed by atoms with van der Waals surface area (Å²) in [6.45, 7) is 8.28. The van der Waals surface area contributed by atoms with Crippen molar-refractivity contribution in [2.45, 2.75) is 33.2 Å². The van der Waals surface area contributed by atoms with Crippen LogP contribution in [-0.4, -0.2) is 46.2 Å². The van der Waals surface area contributed by atoms with Crippen molar-refractivity contribution in [2.24, 2.45) is 0 Å². The van der Waals surface area contributed by atoms with Crippen molar-refractivity contribution in [3.63, 3.8) is 0 Å². The molecule has 0 saturated carbocycles. The molecule has 0 aliphatic carbocycles. The molecular formula is C24H28N6O2. The molecule has 0 atom stereocenters. The number of aryl methyl sites for hydroxylation is 1. The third-order valence-corrected chi connectivity index (χ3v) is 5.55. The first-order valence-electron chi connectivity index (χ1n) is 10.8. The van der Waals surface area contributed by atoms with Gasteiger partial charge in [-0.1, -0.05) is 44.2 Å². The molecule has 32 heavy (non-hydrogen) atoms. The first-order valence-corrected chi connectivity index (χ1v) is 10.8. The van der Waals surface area contributed by atoms with Crippen molar-refractivity contribution >= 4 is 17.5 Å². The average molecular weight is 433 g/mol. The van der Waals surface area contributed by atoms with E-state index in [1.165, 1.54) is 0 Å². The van der Waals surface area contributed by atoms with Gasteiger partial charge in [0.1, 0.15) is 5.82 Å². The Morgan fingerprint density at radius 3 is 2.62 bits per heavy atom. The van der Waals surface area contributed by atoms with E-state index in [-0.39, 0.29) is 17.6 Å². The van der Waals surface area contributed by atoms with Crippen molar-refractivity contribution in [3.8, 4) is 5.69 Å². The number of rotatable bonds is 6. The predicted molar refractivity (Wildman–Crippen MR) is 123 cm³/mol. The van der Waals surface area contributed by atoms with Gasteiger partial charge >= 0.3 is 0 Å². The number of hydrogen-bond acceptors (Lipinski definition) is 5. The normalized spacial score (nSPS) is 13.9. The summed E-state index contributed by atoms with van der Waals surface area (Å²) < 4.78 is 1.73. The Kier molecular flexibility index (Phi) is 6.20. The fraction of sp³-hybridized carbons (Fsp3) is 0.333. The highest BCUT2D eigenvalue weighted by atomic mass is 16.2. The van der Waals surface area contributed by atoms with E-state index in [1.807, 2.05) is 54.3 Å². The molecule has 0 bridgehead atoms. The third kappa shape index (κ3) is 4.64. The number of aromatic nitrogens is 3. The minimum Gasteiger partial charge on any atom is -0.360 e. The lowest BCUT2D eigenvalue weighted by atomic mass is 10.0. The Balaban J connectivity index is 1.42. The van der Waals surface area contributed by atoms with Crippen LogP contribution in [0.4, 0.5) is 5.69 Å². The summed E-state index contributed by atoms with van der Waals surface area (Å²) in [7, 11) is 0. The predicted octanol–water partition coefficient (Wildman–Crippen LogP) is 2.57. The molecule has 0 unspecified atom stereocenters. The Morgan fingerprint density at radius 2 is 1.91 bits per heavy atom. The second-order valence-corrected chi connectivity index (χ2v) is 8.23. The molecule has 0 radical (unpaired) electrons. The summed E-state index contributed by atoms with van der Waals surface area (Å²) in [5.41, 5.74) is 4.05. The van der Waals surface area contributed by atoms with Gasteiger partial charge in [-0.2, -0.15) is 0 Å². The van der Waals surface area contributed by atoms with Gasteiger partial charge in [0, 0.05) is 25.3 Å². The summed E-state index contributed by atoms with van der Waals surface area (Å²) in [6, 6.07) is 15.9. The number of piperazine rings is 1. The van der Waals surface area contributed by atoms with E-state index in [4.69, 9.17) is 0 Å². The van der Waals surface area contributed by atoms with E-state index in [2.05, 4.69) is 40.6 Å².